The highest BCUT2D eigenvalue weighted by atomic mass is 127. The van der Waals surface area contributed by atoms with E-state index in [2.05, 4.69) is 27.9 Å². The van der Waals surface area contributed by atoms with Crippen molar-refractivity contribution in [2.45, 2.75) is 6.54 Å². The predicted molar refractivity (Wildman–Crippen MR) is 87.7 cm³/mol. The van der Waals surface area contributed by atoms with Crippen molar-refractivity contribution in [2.24, 2.45) is 0 Å². The summed E-state index contributed by atoms with van der Waals surface area (Å²) in [6, 6.07) is 16.6. The molecule has 2 aromatic rings. The number of hydrogen-bond donors (Lipinski definition) is 1. The molecule has 5 heteroatoms. The van der Waals surface area contributed by atoms with Gasteiger partial charge in [-0.05, 0) is 40.3 Å². The van der Waals surface area contributed by atoms with Crippen LogP contribution in [-0.4, -0.2) is 18.5 Å². The lowest BCUT2D eigenvalue weighted by molar-refractivity contribution is -0.124. The molecule has 4 nitrogen and oxygen atoms in total. The molecule has 0 fully saturated rings. The predicted octanol–water partition coefficient (Wildman–Crippen LogP) is 2.76. The SMILES string of the molecule is O=C(COC(=O)c1ccccc1I)NCc1ccccc1. The minimum absolute atomic E-state index is 0.281. The number of benzene rings is 2. The molecule has 1 N–H and O–H groups in total. The van der Waals surface area contributed by atoms with E-state index in [0.717, 1.165) is 9.13 Å². The maximum atomic E-state index is 11.8. The Hall–Kier alpha value is -1.89. The molecule has 21 heavy (non-hydrogen) atoms. The molecule has 0 saturated carbocycles. The molecule has 0 unspecified atom stereocenters. The summed E-state index contributed by atoms with van der Waals surface area (Å²) in [6.45, 7) is 0.136. The zero-order valence-electron chi connectivity index (χ0n) is 11.2. The fourth-order valence-electron chi connectivity index (χ4n) is 1.68. The highest BCUT2D eigenvalue weighted by molar-refractivity contribution is 14.1. The molecule has 0 radical (unpaired) electrons. The van der Waals surface area contributed by atoms with Crippen molar-refractivity contribution >= 4 is 34.5 Å². The van der Waals surface area contributed by atoms with Crippen molar-refractivity contribution in [3.05, 3.63) is 69.3 Å². The minimum atomic E-state index is -0.491. The van der Waals surface area contributed by atoms with Gasteiger partial charge in [0.25, 0.3) is 5.91 Å². The molecule has 0 aliphatic rings. The molecule has 1 amide bonds. The van der Waals surface area contributed by atoms with Crippen molar-refractivity contribution in [1.82, 2.24) is 5.32 Å². The topological polar surface area (TPSA) is 55.4 Å². The normalized spacial score (nSPS) is 9.95. The molecule has 0 aliphatic heterocycles. The van der Waals surface area contributed by atoms with Gasteiger partial charge < -0.3 is 10.1 Å². The second-order valence-corrected chi connectivity index (χ2v) is 5.48. The van der Waals surface area contributed by atoms with E-state index in [-0.39, 0.29) is 12.5 Å². The largest absolute Gasteiger partial charge is 0.452 e. The fourth-order valence-corrected chi connectivity index (χ4v) is 2.29. The zero-order valence-corrected chi connectivity index (χ0v) is 13.4. The Morgan fingerprint density at radius 3 is 2.38 bits per heavy atom. The first-order valence-corrected chi connectivity index (χ1v) is 7.47. The van der Waals surface area contributed by atoms with Crippen LogP contribution in [0.25, 0.3) is 0 Å². The number of rotatable bonds is 5. The first-order chi connectivity index (χ1) is 10.2. The van der Waals surface area contributed by atoms with E-state index in [1.165, 1.54) is 0 Å². The Morgan fingerprint density at radius 1 is 1.00 bits per heavy atom. The molecule has 108 valence electrons. The monoisotopic (exact) mass is 395 g/mol. The Bertz CT molecular complexity index is 628. The number of ether oxygens (including phenoxy) is 1. The maximum absolute atomic E-state index is 11.8. The molecular formula is C16H14INO3. The van der Waals surface area contributed by atoms with Gasteiger partial charge >= 0.3 is 5.97 Å². The van der Waals surface area contributed by atoms with Crippen LogP contribution in [0.4, 0.5) is 0 Å². The number of carbonyl (C=O) groups is 2. The van der Waals surface area contributed by atoms with Crippen LogP contribution in [-0.2, 0) is 16.1 Å². The van der Waals surface area contributed by atoms with Crippen molar-refractivity contribution < 1.29 is 14.3 Å². The van der Waals surface area contributed by atoms with Crippen LogP contribution in [0.15, 0.2) is 54.6 Å². The Labute approximate surface area is 136 Å². The van der Waals surface area contributed by atoms with Gasteiger partial charge in [-0.3, -0.25) is 4.79 Å². The van der Waals surface area contributed by atoms with Crippen molar-refractivity contribution in [3.8, 4) is 0 Å². The summed E-state index contributed by atoms with van der Waals surface area (Å²) >= 11 is 2.06. The van der Waals surface area contributed by atoms with Crippen LogP contribution < -0.4 is 5.32 Å². The molecule has 0 heterocycles. The average Bonchev–Trinajstić information content (AvgIpc) is 2.52. The van der Waals surface area contributed by atoms with E-state index < -0.39 is 5.97 Å². The average molecular weight is 395 g/mol. The number of amides is 1. The van der Waals surface area contributed by atoms with E-state index in [1.54, 1.807) is 12.1 Å². The smallest absolute Gasteiger partial charge is 0.339 e. The third-order valence-electron chi connectivity index (χ3n) is 2.76. The van der Waals surface area contributed by atoms with Gasteiger partial charge in [-0.15, -0.1) is 0 Å². The Balaban J connectivity index is 1.79. The number of carbonyl (C=O) groups excluding carboxylic acids is 2. The molecule has 0 atom stereocenters. The summed E-state index contributed by atoms with van der Waals surface area (Å²) < 4.78 is 5.80. The summed E-state index contributed by atoms with van der Waals surface area (Å²) in [7, 11) is 0. The van der Waals surface area contributed by atoms with E-state index >= 15 is 0 Å². The fraction of sp³-hybridized carbons (Fsp3) is 0.125. The van der Waals surface area contributed by atoms with Gasteiger partial charge in [-0.25, -0.2) is 4.79 Å². The summed E-state index contributed by atoms with van der Waals surface area (Å²) in [4.78, 5) is 23.5. The summed E-state index contributed by atoms with van der Waals surface area (Å²) in [5.41, 5.74) is 1.46. The van der Waals surface area contributed by atoms with E-state index in [4.69, 9.17) is 4.74 Å². The van der Waals surface area contributed by atoms with Crippen LogP contribution in [0.3, 0.4) is 0 Å². The van der Waals surface area contributed by atoms with Gasteiger partial charge in [0.2, 0.25) is 0 Å². The summed E-state index contributed by atoms with van der Waals surface area (Å²) in [6.07, 6.45) is 0. The quantitative estimate of drug-likeness (QED) is 0.626. The highest BCUT2D eigenvalue weighted by Crippen LogP contribution is 2.12. The second-order valence-electron chi connectivity index (χ2n) is 4.32. The molecule has 2 aromatic carbocycles. The van der Waals surface area contributed by atoms with Crippen molar-refractivity contribution in [3.63, 3.8) is 0 Å². The number of nitrogens with one attached hydrogen (secondary N) is 1. The van der Waals surface area contributed by atoms with Gasteiger partial charge in [0.1, 0.15) is 0 Å². The molecular weight excluding hydrogens is 381 g/mol. The van der Waals surface area contributed by atoms with Crippen LogP contribution in [0.5, 0.6) is 0 Å². The number of halogens is 1. The molecule has 0 aromatic heterocycles. The Morgan fingerprint density at radius 2 is 1.67 bits per heavy atom. The minimum Gasteiger partial charge on any atom is -0.452 e. The van der Waals surface area contributed by atoms with Crippen molar-refractivity contribution in [2.75, 3.05) is 6.61 Å². The lowest BCUT2D eigenvalue weighted by atomic mass is 10.2. The van der Waals surface area contributed by atoms with Gasteiger partial charge in [0, 0.05) is 10.1 Å². The molecule has 2 rings (SSSR count). The van der Waals surface area contributed by atoms with Gasteiger partial charge in [0.15, 0.2) is 6.61 Å². The third kappa shape index (κ3) is 4.86. The van der Waals surface area contributed by atoms with Crippen LogP contribution in [0.2, 0.25) is 0 Å². The molecule has 0 bridgehead atoms. The van der Waals surface area contributed by atoms with E-state index in [1.807, 2.05) is 42.5 Å². The summed E-state index contributed by atoms with van der Waals surface area (Å²) in [5, 5.41) is 2.70. The third-order valence-corrected chi connectivity index (χ3v) is 3.70. The number of esters is 1. The van der Waals surface area contributed by atoms with Crippen LogP contribution in [0.1, 0.15) is 15.9 Å². The molecule has 0 spiro atoms. The van der Waals surface area contributed by atoms with Gasteiger partial charge in [-0.1, -0.05) is 42.5 Å². The van der Waals surface area contributed by atoms with Crippen molar-refractivity contribution in [1.29, 1.82) is 0 Å². The zero-order chi connectivity index (χ0) is 15.1. The van der Waals surface area contributed by atoms with Crippen LogP contribution >= 0.6 is 22.6 Å². The first-order valence-electron chi connectivity index (χ1n) is 6.39. The van der Waals surface area contributed by atoms with Crippen LogP contribution in [0, 0.1) is 3.57 Å². The molecule has 0 saturated heterocycles. The second kappa shape index (κ2) is 7.78. The summed E-state index contributed by atoms with van der Waals surface area (Å²) in [5.74, 6) is -0.812. The first kappa shape index (κ1) is 15.5. The van der Waals surface area contributed by atoms with E-state index in [9.17, 15) is 9.59 Å². The van der Waals surface area contributed by atoms with Gasteiger partial charge in [-0.2, -0.15) is 0 Å². The van der Waals surface area contributed by atoms with Gasteiger partial charge in [0.05, 0.1) is 5.56 Å². The van der Waals surface area contributed by atoms with E-state index in [0.29, 0.717) is 12.1 Å². The number of hydrogen-bond acceptors (Lipinski definition) is 3. The Kier molecular flexibility index (Phi) is 5.74. The standard InChI is InChI=1S/C16H14INO3/c17-14-9-5-4-8-13(14)16(20)21-11-15(19)18-10-12-6-2-1-3-7-12/h1-9H,10-11H2,(H,18,19). The lowest BCUT2D eigenvalue weighted by Crippen LogP contribution is -2.28. The lowest BCUT2D eigenvalue weighted by Gasteiger charge is -2.07. The maximum Gasteiger partial charge on any atom is 0.339 e. The molecule has 0 aliphatic carbocycles. The highest BCUT2D eigenvalue weighted by Gasteiger charge is 2.12.